The molecule has 0 saturated carbocycles. The SMILES string of the molecule is CC(=O)c1ccc(OCC(=O)NC[C@@H]2CCS(=O)(=O)C2)cc1. The van der Waals surface area contributed by atoms with Gasteiger partial charge >= 0.3 is 0 Å². The summed E-state index contributed by atoms with van der Waals surface area (Å²) in [5.41, 5.74) is 0.583. The van der Waals surface area contributed by atoms with E-state index in [0.29, 0.717) is 24.3 Å². The molecule has 120 valence electrons. The third-order valence-corrected chi connectivity index (χ3v) is 5.38. The van der Waals surface area contributed by atoms with E-state index in [1.54, 1.807) is 24.3 Å². The molecule has 1 N–H and O–H groups in total. The topological polar surface area (TPSA) is 89.5 Å². The van der Waals surface area contributed by atoms with Crippen LogP contribution < -0.4 is 10.1 Å². The minimum absolute atomic E-state index is 0.0104. The standard InChI is InChI=1S/C15H19NO5S/c1-11(17)13-2-4-14(5-3-13)21-9-15(18)16-8-12-6-7-22(19,20)10-12/h2-5,12H,6-10H2,1H3,(H,16,18)/t12-/m0/s1. The summed E-state index contributed by atoms with van der Waals surface area (Å²) in [5, 5.41) is 2.68. The average molecular weight is 325 g/mol. The van der Waals surface area contributed by atoms with Gasteiger partial charge in [0.2, 0.25) is 0 Å². The van der Waals surface area contributed by atoms with E-state index in [0.717, 1.165) is 0 Å². The number of hydrogen-bond donors (Lipinski definition) is 1. The Morgan fingerprint density at radius 3 is 2.50 bits per heavy atom. The molecule has 1 atom stereocenters. The predicted molar refractivity (Wildman–Crippen MR) is 81.7 cm³/mol. The summed E-state index contributed by atoms with van der Waals surface area (Å²) in [6, 6.07) is 6.54. The molecule has 1 saturated heterocycles. The normalized spacial score (nSPS) is 19.6. The molecule has 0 radical (unpaired) electrons. The van der Waals surface area contributed by atoms with E-state index in [2.05, 4.69) is 5.32 Å². The molecular formula is C15H19NO5S. The number of benzene rings is 1. The van der Waals surface area contributed by atoms with E-state index in [9.17, 15) is 18.0 Å². The molecule has 1 aliphatic heterocycles. The molecule has 1 fully saturated rings. The Morgan fingerprint density at radius 1 is 1.27 bits per heavy atom. The van der Waals surface area contributed by atoms with Crippen molar-refractivity contribution in [2.45, 2.75) is 13.3 Å². The largest absolute Gasteiger partial charge is 0.484 e. The lowest BCUT2D eigenvalue weighted by atomic mass is 10.1. The monoisotopic (exact) mass is 325 g/mol. The van der Waals surface area contributed by atoms with Crippen LogP contribution in [0.2, 0.25) is 0 Å². The fraction of sp³-hybridized carbons (Fsp3) is 0.467. The van der Waals surface area contributed by atoms with E-state index in [-0.39, 0.29) is 35.7 Å². The predicted octanol–water partition coefficient (Wildman–Crippen LogP) is 0.819. The molecule has 6 nitrogen and oxygen atoms in total. The van der Waals surface area contributed by atoms with E-state index in [1.165, 1.54) is 6.92 Å². The summed E-state index contributed by atoms with van der Waals surface area (Å²) in [7, 11) is -2.92. The van der Waals surface area contributed by atoms with Crippen LogP contribution >= 0.6 is 0 Å². The average Bonchev–Trinajstić information content (AvgIpc) is 2.82. The maximum Gasteiger partial charge on any atom is 0.257 e. The number of carbonyl (C=O) groups excluding carboxylic acids is 2. The van der Waals surface area contributed by atoms with Crippen molar-refractivity contribution >= 4 is 21.5 Å². The number of ether oxygens (including phenoxy) is 1. The number of ketones is 1. The maximum absolute atomic E-state index is 11.7. The number of rotatable bonds is 6. The number of hydrogen-bond acceptors (Lipinski definition) is 5. The number of sulfone groups is 1. The van der Waals surface area contributed by atoms with Gasteiger partial charge < -0.3 is 10.1 Å². The lowest BCUT2D eigenvalue weighted by Gasteiger charge is -2.10. The molecule has 2 rings (SSSR count). The first-order chi connectivity index (χ1) is 10.4. The summed E-state index contributed by atoms with van der Waals surface area (Å²) in [5.74, 6) is 0.510. The maximum atomic E-state index is 11.7. The molecule has 0 bridgehead atoms. The van der Waals surface area contributed by atoms with Gasteiger partial charge in [-0.25, -0.2) is 8.42 Å². The third kappa shape index (κ3) is 4.84. The van der Waals surface area contributed by atoms with Gasteiger partial charge in [-0.1, -0.05) is 0 Å². The van der Waals surface area contributed by atoms with Crippen molar-refractivity contribution in [1.82, 2.24) is 5.32 Å². The van der Waals surface area contributed by atoms with E-state index in [1.807, 2.05) is 0 Å². The van der Waals surface area contributed by atoms with Crippen LogP contribution in [-0.4, -0.2) is 44.8 Å². The van der Waals surface area contributed by atoms with Crippen LogP contribution in [-0.2, 0) is 14.6 Å². The summed E-state index contributed by atoms with van der Waals surface area (Å²) in [4.78, 5) is 22.8. The van der Waals surface area contributed by atoms with Crippen molar-refractivity contribution in [2.24, 2.45) is 5.92 Å². The fourth-order valence-corrected chi connectivity index (χ4v) is 4.14. The van der Waals surface area contributed by atoms with Crippen LogP contribution in [0.3, 0.4) is 0 Å². The lowest BCUT2D eigenvalue weighted by molar-refractivity contribution is -0.123. The molecule has 0 aromatic heterocycles. The minimum atomic E-state index is -2.92. The van der Waals surface area contributed by atoms with Gasteiger partial charge in [0.25, 0.3) is 5.91 Å². The summed E-state index contributed by atoms with van der Waals surface area (Å²) >= 11 is 0. The van der Waals surface area contributed by atoms with Gasteiger partial charge in [0, 0.05) is 12.1 Å². The molecule has 1 aliphatic rings. The molecule has 0 aliphatic carbocycles. The zero-order valence-corrected chi connectivity index (χ0v) is 13.2. The Kier molecular flexibility index (Phi) is 5.18. The molecule has 1 aromatic carbocycles. The second-order valence-electron chi connectivity index (χ2n) is 5.44. The van der Waals surface area contributed by atoms with Crippen LogP contribution in [0.4, 0.5) is 0 Å². The Balaban J connectivity index is 1.72. The first-order valence-corrected chi connectivity index (χ1v) is 8.89. The molecule has 1 amide bonds. The Labute approximate surface area is 129 Å². The first kappa shape index (κ1) is 16.5. The second kappa shape index (κ2) is 6.91. The highest BCUT2D eigenvalue weighted by molar-refractivity contribution is 7.91. The lowest BCUT2D eigenvalue weighted by Crippen LogP contribution is -2.33. The number of nitrogens with one attached hydrogen (secondary N) is 1. The fourth-order valence-electron chi connectivity index (χ4n) is 2.28. The summed E-state index contributed by atoms with van der Waals surface area (Å²) in [6.07, 6.45) is 0.593. The van der Waals surface area contributed by atoms with Gasteiger partial charge in [0.05, 0.1) is 11.5 Å². The van der Waals surface area contributed by atoms with Crippen molar-refractivity contribution in [3.8, 4) is 5.75 Å². The Bertz CT molecular complexity index is 651. The van der Waals surface area contributed by atoms with E-state index in [4.69, 9.17) is 4.74 Å². The third-order valence-electron chi connectivity index (χ3n) is 3.55. The first-order valence-electron chi connectivity index (χ1n) is 7.06. The van der Waals surface area contributed by atoms with Gasteiger partial charge in [0.15, 0.2) is 22.2 Å². The van der Waals surface area contributed by atoms with Crippen molar-refractivity contribution in [2.75, 3.05) is 24.7 Å². The van der Waals surface area contributed by atoms with Gasteiger partial charge in [-0.2, -0.15) is 0 Å². The highest BCUT2D eigenvalue weighted by Crippen LogP contribution is 2.17. The molecule has 0 unspecified atom stereocenters. The van der Waals surface area contributed by atoms with Crippen molar-refractivity contribution in [3.63, 3.8) is 0 Å². The van der Waals surface area contributed by atoms with Crippen molar-refractivity contribution < 1.29 is 22.7 Å². The van der Waals surface area contributed by atoms with E-state index >= 15 is 0 Å². The van der Waals surface area contributed by atoms with Gasteiger partial charge in [-0.3, -0.25) is 9.59 Å². The van der Waals surface area contributed by atoms with Crippen LogP contribution in [0.25, 0.3) is 0 Å². The Hall–Kier alpha value is -1.89. The zero-order valence-electron chi connectivity index (χ0n) is 12.4. The van der Waals surface area contributed by atoms with Gasteiger partial charge in [0.1, 0.15) is 5.75 Å². The molecule has 7 heteroatoms. The highest BCUT2D eigenvalue weighted by atomic mass is 32.2. The quantitative estimate of drug-likeness (QED) is 0.782. The second-order valence-corrected chi connectivity index (χ2v) is 7.67. The number of Topliss-reactive ketones (excluding diaryl/α,β-unsaturated/α-hetero) is 1. The number of carbonyl (C=O) groups is 2. The number of amides is 1. The molecule has 1 heterocycles. The summed E-state index contributed by atoms with van der Waals surface area (Å²) < 4.78 is 27.9. The van der Waals surface area contributed by atoms with Gasteiger partial charge in [-0.15, -0.1) is 0 Å². The van der Waals surface area contributed by atoms with Gasteiger partial charge in [-0.05, 0) is 43.5 Å². The van der Waals surface area contributed by atoms with E-state index < -0.39 is 9.84 Å². The van der Waals surface area contributed by atoms with Crippen LogP contribution in [0.5, 0.6) is 5.75 Å². The Morgan fingerprint density at radius 2 is 1.95 bits per heavy atom. The molecular weight excluding hydrogens is 306 g/mol. The molecule has 22 heavy (non-hydrogen) atoms. The summed E-state index contributed by atoms with van der Waals surface area (Å²) in [6.45, 7) is 1.69. The van der Waals surface area contributed by atoms with Crippen LogP contribution in [0.1, 0.15) is 23.7 Å². The van der Waals surface area contributed by atoms with Crippen LogP contribution in [0.15, 0.2) is 24.3 Å². The van der Waals surface area contributed by atoms with Crippen molar-refractivity contribution in [1.29, 1.82) is 0 Å². The minimum Gasteiger partial charge on any atom is -0.484 e. The zero-order chi connectivity index (χ0) is 16.2. The molecule has 1 aromatic rings. The van der Waals surface area contributed by atoms with Crippen LogP contribution in [0, 0.1) is 5.92 Å². The van der Waals surface area contributed by atoms with Crippen molar-refractivity contribution in [3.05, 3.63) is 29.8 Å². The smallest absolute Gasteiger partial charge is 0.257 e. The molecule has 0 spiro atoms. The highest BCUT2D eigenvalue weighted by Gasteiger charge is 2.27.